The smallest absolute Gasteiger partial charge is 0.0591 e. The first-order valence-corrected chi connectivity index (χ1v) is 7.85. The van der Waals surface area contributed by atoms with Crippen LogP contribution < -0.4 is 5.32 Å². The molecule has 19 heavy (non-hydrogen) atoms. The summed E-state index contributed by atoms with van der Waals surface area (Å²) in [5.41, 5.74) is 0. The lowest BCUT2D eigenvalue weighted by Crippen LogP contribution is -2.24. The first kappa shape index (κ1) is 16.7. The van der Waals surface area contributed by atoms with Crippen molar-refractivity contribution in [3.63, 3.8) is 0 Å². The maximum atomic E-state index is 5.77. The van der Waals surface area contributed by atoms with E-state index in [1.165, 1.54) is 19.3 Å². The van der Waals surface area contributed by atoms with Gasteiger partial charge in [0.2, 0.25) is 0 Å². The van der Waals surface area contributed by atoms with E-state index in [0.717, 1.165) is 57.8 Å². The van der Waals surface area contributed by atoms with Crippen molar-refractivity contribution in [1.29, 1.82) is 0 Å². The molecule has 0 radical (unpaired) electrons. The van der Waals surface area contributed by atoms with Crippen molar-refractivity contribution in [2.24, 2.45) is 11.8 Å². The van der Waals surface area contributed by atoms with Crippen LogP contribution in [0.5, 0.6) is 0 Å². The maximum absolute atomic E-state index is 5.77. The number of allylic oxidation sites excluding steroid dienone is 2. The molecule has 0 aromatic carbocycles. The second-order valence-corrected chi connectivity index (χ2v) is 5.41. The van der Waals surface area contributed by atoms with E-state index in [2.05, 4.69) is 24.4 Å². The average Bonchev–Trinajstić information content (AvgIpc) is 2.43. The Bertz CT molecular complexity index is 231. The van der Waals surface area contributed by atoms with Gasteiger partial charge in [-0.1, -0.05) is 19.1 Å². The standard InChI is InChI=1S/C16H31NO2/c1-3-18-12-7-6-10-17-11-13-19-14-16-9-5-4-8-15(16)2/h4-5,15-17H,3,6-14H2,1-2H3. The molecule has 1 aliphatic carbocycles. The summed E-state index contributed by atoms with van der Waals surface area (Å²) in [5.74, 6) is 1.49. The van der Waals surface area contributed by atoms with Crippen LogP contribution in [-0.4, -0.2) is 39.5 Å². The SMILES string of the molecule is CCOCCCCNCCOCC1CC=CCC1C. The molecule has 1 N–H and O–H groups in total. The third-order valence-corrected chi connectivity index (χ3v) is 3.77. The van der Waals surface area contributed by atoms with Gasteiger partial charge in [0.1, 0.15) is 0 Å². The van der Waals surface area contributed by atoms with E-state index in [9.17, 15) is 0 Å². The Labute approximate surface area is 118 Å². The van der Waals surface area contributed by atoms with Crippen LogP contribution >= 0.6 is 0 Å². The van der Waals surface area contributed by atoms with Crippen molar-refractivity contribution in [3.05, 3.63) is 12.2 Å². The van der Waals surface area contributed by atoms with E-state index in [4.69, 9.17) is 9.47 Å². The van der Waals surface area contributed by atoms with E-state index in [0.29, 0.717) is 0 Å². The van der Waals surface area contributed by atoms with Crippen LogP contribution in [0.25, 0.3) is 0 Å². The summed E-state index contributed by atoms with van der Waals surface area (Å²) >= 11 is 0. The molecule has 0 heterocycles. The third-order valence-electron chi connectivity index (χ3n) is 3.77. The lowest BCUT2D eigenvalue weighted by molar-refractivity contribution is 0.0807. The van der Waals surface area contributed by atoms with Gasteiger partial charge in [0.05, 0.1) is 13.2 Å². The van der Waals surface area contributed by atoms with Crippen molar-refractivity contribution in [3.8, 4) is 0 Å². The van der Waals surface area contributed by atoms with E-state index < -0.39 is 0 Å². The lowest BCUT2D eigenvalue weighted by atomic mass is 9.85. The molecule has 2 atom stereocenters. The molecule has 0 saturated heterocycles. The summed E-state index contributed by atoms with van der Waals surface area (Å²) in [7, 11) is 0. The molecular formula is C16H31NO2. The van der Waals surface area contributed by atoms with Crippen molar-refractivity contribution in [2.45, 2.75) is 39.5 Å². The van der Waals surface area contributed by atoms with Crippen molar-refractivity contribution in [1.82, 2.24) is 5.32 Å². The minimum atomic E-state index is 0.719. The Balaban J connectivity index is 1.82. The Kier molecular flexibility index (Phi) is 10.0. The summed E-state index contributed by atoms with van der Waals surface area (Å²) in [6.45, 7) is 9.87. The van der Waals surface area contributed by atoms with Gasteiger partial charge in [-0.15, -0.1) is 0 Å². The van der Waals surface area contributed by atoms with Gasteiger partial charge in [0.25, 0.3) is 0 Å². The molecule has 0 fully saturated rings. The number of hydrogen-bond donors (Lipinski definition) is 1. The van der Waals surface area contributed by atoms with Gasteiger partial charge in [0.15, 0.2) is 0 Å². The molecule has 3 nitrogen and oxygen atoms in total. The number of unbranched alkanes of at least 4 members (excludes halogenated alkanes) is 1. The van der Waals surface area contributed by atoms with E-state index in [1.54, 1.807) is 0 Å². The molecule has 2 unspecified atom stereocenters. The number of hydrogen-bond acceptors (Lipinski definition) is 3. The maximum Gasteiger partial charge on any atom is 0.0591 e. The summed E-state index contributed by atoms with van der Waals surface area (Å²) in [4.78, 5) is 0. The zero-order valence-electron chi connectivity index (χ0n) is 12.7. The van der Waals surface area contributed by atoms with Gasteiger partial charge < -0.3 is 14.8 Å². The van der Waals surface area contributed by atoms with E-state index >= 15 is 0 Å². The topological polar surface area (TPSA) is 30.5 Å². The van der Waals surface area contributed by atoms with Gasteiger partial charge >= 0.3 is 0 Å². The minimum Gasteiger partial charge on any atom is -0.382 e. The van der Waals surface area contributed by atoms with Gasteiger partial charge in [-0.2, -0.15) is 0 Å². The van der Waals surface area contributed by atoms with Gasteiger partial charge in [-0.3, -0.25) is 0 Å². The Morgan fingerprint density at radius 1 is 1.05 bits per heavy atom. The van der Waals surface area contributed by atoms with Crippen molar-refractivity contribution in [2.75, 3.05) is 39.5 Å². The van der Waals surface area contributed by atoms with Gasteiger partial charge in [-0.05, 0) is 51.0 Å². The fraction of sp³-hybridized carbons (Fsp3) is 0.875. The molecular weight excluding hydrogens is 238 g/mol. The van der Waals surface area contributed by atoms with Crippen LogP contribution in [-0.2, 0) is 9.47 Å². The highest BCUT2D eigenvalue weighted by Gasteiger charge is 2.17. The average molecular weight is 269 g/mol. The lowest BCUT2D eigenvalue weighted by Gasteiger charge is -2.24. The highest BCUT2D eigenvalue weighted by atomic mass is 16.5. The zero-order chi connectivity index (χ0) is 13.8. The fourth-order valence-corrected chi connectivity index (χ4v) is 2.34. The second kappa shape index (κ2) is 11.4. The van der Waals surface area contributed by atoms with Crippen LogP contribution in [0.4, 0.5) is 0 Å². The van der Waals surface area contributed by atoms with E-state index in [1.807, 2.05) is 6.92 Å². The van der Waals surface area contributed by atoms with Crippen LogP contribution in [0.2, 0.25) is 0 Å². The van der Waals surface area contributed by atoms with Crippen LogP contribution in [0.3, 0.4) is 0 Å². The largest absolute Gasteiger partial charge is 0.382 e. The van der Waals surface area contributed by atoms with Gasteiger partial charge in [-0.25, -0.2) is 0 Å². The molecule has 0 bridgehead atoms. The number of ether oxygens (including phenoxy) is 2. The van der Waals surface area contributed by atoms with Crippen molar-refractivity contribution < 1.29 is 9.47 Å². The second-order valence-electron chi connectivity index (χ2n) is 5.41. The molecule has 0 aromatic heterocycles. The fourth-order valence-electron chi connectivity index (χ4n) is 2.34. The molecule has 0 aliphatic heterocycles. The van der Waals surface area contributed by atoms with Crippen LogP contribution in [0.15, 0.2) is 12.2 Å². The van der Waals surface area contributed by atoms with Crippen molar-refractivity contribution >= 4 is 0 Å². The molecule has 3 heteroatoms. The Hall–Kier alpha value is -0.380. The minimum absolute atomic E-state index is 0.719. The molecule has 112 valence electrons. The summed E-state index contributed by atoms with van der Waals surface area (Å²) < 4.78 is 11.1. The monoisotopic (exact) mass is 269 g/mol. The predicted molar refractivity (Wildman–Crippen MR) is 80.4 cm³/mol. The summed E-state index contributed by atoms with van der Waals surface area (Å²) in [6, 6.07) is 0. The number of rotatable bonds is 11. The predicted octanol–water partition coefficient (Wildman–Crippen LogP) is 3.01. The molecule has 1 aliphatic rings. The molecule has 0 spiro atoms. The van der Waals surface area contributed by atoms with E-state index in [-0.39, 0.29) is 0 Å². The summed E-state index contributed by atoms with van der Waals surface area (Å²) in [5, 5.41) is 3.42. The Morgan fingerprint density at radius 2 is 1.89 bits per heavy atom. The first-order valence-electron chi connectivity index (χ1n) is 7.85. The van der Waals surface area contributed by atoms with Gasteiger partial charge in [0, 0.05) is 19.8 Å². The highest BCUT2D eigenvalue weighted by Crippen LogP contribution is 2.24. The summed E-state index contributed by atoms with van der Waals surface area (Å²) in [6.07, 6.45) is 9.33. The molecule has 0 amide bonds. The van der Waals surface area contributed by atoms with Crippen LogP contribution in [0.1, 0.15) is 39.5 Å². The number of nitrogens with one attached hydrogen (secondary N) is 1. The zero-order valence-corrected chi connectivity index (χ0v) is 12.7. The highest BCUT2D eigenvalue weighted by molar-refractivity contribution is 4.93. The quantitative estimate of drug-likeness (QED) is 0.462. The molecule has 0 saturated carbocycles. The molecule has 1 rings (SSSR count). The molecule has 0 aromatic rings. The first-order chi connectivity index (χ1) is 9.34. The van der Waals surface area contributed by atoms with Crippen LogP contribution in [0, 0.1) is 11.8 Å². The normalized spacial score (nSPS) is 22.8. The Morgan fingerprint density at radius 3 is 2.68 bits per heavy atom. The third kappa shape index (κ3) is 8.40.